The minimum atomic E-state index is -0.302. The molecule has 19 heavy (non-hydrogen) atoms. The van der Waals surface area contributed by atoms with Crippen LogP contribution in [0.5, 0.6) is 0 Å². The molecule has 0 spiro atoms. The van der Waals surface area contributed by atoms with Crippen molar-refractivity contribution in [2.24, 2.45) is 11.7 Å². The number of nitrogens with one attached hydrogen (secondary N) is 2. The first kappa shape index (κ1) is 14.3. The molecule has 0 aromatic rings. The third kappa shape index (κ3) is 4.18. The summed E-state index contributed by atoms with van der Waals surface area (Å²) in [5, 5.41) is 6.21. The number of primary amides is 1. The van der Waals surface area contributed by atoms with E-state index < -0.39 is 0 Å². The van der Waals surface area contributed by atoms with E-state index in [1.54, 1.807) is 0 Å². The highest BCUT2D eigenvalue weighted by Gasteiger charge is 2.30. The Kier molecular flexibility index (Phi) is 5.15. The Hall–Kier alpha value is -1.14. The maximum absolute atomic E-state index is 12.0. The maximum Gasteiger partial charge on any atom is 0.222 e. The van der Waals surface area contributed by atoms with Crippen molar-refractivity contribution in [1.29, 1.82) is 0 Å². The number of ether oxygens (including phenoxy) is 1. The van der Waals surface area contributed by atoms with Gasteiger partial charge in [0.1, 0.15) is 0 Å². The zero-order valence-corrected chi connectivity index (χ0v) is 11.2. The first-order valence-corrected chi connectivity index (χ1v) is 7.06. The number of amides is 2. The van der Waals surface area contributed by atoms with Gasteiger partial charge < -0.3 is 21.1 Å². The first-order chi connectivity index (χ1) is 9.16. The van der Waals surface area contributed by atoms with E-state index in [9.17, 15) is 9.59 Å². The van der Waals surface area contributed by atoms with Crippen LogP contribution in [0.15, 0.2) is 0 Å². The molecule has 1 aliphatic heterocycles. The van der Waals surface area contributed by atoms with Crippen LogP contribution in [0.4, 0.5) is 0 Å². The Morgan fingerprint density at radius 2 is 2.11 bits per heavy atom. The molecule has 0 bridgehead atoms. The summed E-state index contributed by atoms with van der Waals surface area (Å²) in [5.74, 6) is -0.543. The van der Waals surface area contributed by atoms with Crippen molar-refractivity contribution < 1.29 is 14.3 Å². The van der Waals surface area contributed by atoms with Gasteiger partial charge in [0, 0.05) is 25.0 Å². The molecule has 1 saturated heterocycles. The molecule has 6 heteroatoms. The number of morpholine rings is 1. The molecule has 108 valence electrons. The maximum atomic E-state index is 12.0. The Balaban J connectivity index is 1.80. The van der Waals surface area contributed by atoms with Crippen LogP contribution in [-0.4, -0.2) is 43.7 Å². The van der Waals surface area contributed by atoms with E-state index in [2.05, 4.69) is 10.6 Å². The van der Waals surface area contributed by atoms with E-state index in [1.165, 1.54) is 0 Å². The Labute approximate surface area is 113 Å². The van der Waals surface area contributed by atoms with Gasteiger partial charge in [0.25, 0.3) is 0 Å². The quantitative estimate of drug-likeness (QED) is 0.643. The van der Waals surface area contributed by atoms with Crippen LogP contribution in [0.25, 0.3) is 0 Å². The van der Waals surface area contributed by atoms with Crippen LogP contribution >= 0.6 is 0 Å². The van der Waals surface area contributed by atoms with Crippen LogP contribution in [-0.2, 0) is 14.3 Å². The number of hydrogen-bond acceptors (Lipinski definition) is 4. The number of carbonyl (C=O) groups is 2. The second-order valence-electron chi connectivity index (χ2n) is 5.40. The van der Waals surface area contributed by atoms with E-state index >= 15 is 0 Å². The van der Waals surface area contributed by atoms with Crippen molar-refractivity contribution in [3.05, 3.63) is 0 Å². The molecule has 2 fully saturated rings. The summed E-state index contributed by atoms with van der Waals surface area (Å²) in [6.07, 6.45) is 4.07. The lowest BCUT2D eigenvalue weighted by atomic mass is 9.84. The van der Waals surface area contributed by atoms with Crippen LogP contribution in [0.3, 0.4) is 0 Å². The smallest absolute Gasteiger partial charge is 0.222 e. The van der Waals surface area contributed by atoms with Gasteiger partial charge in [-0.1, -0.05) is 12.8 Å². The average molecular weight is 269 g/mol. The lowest BCUT2D eigenvalue weighted by Crippen LogP contribution is -2.50. The first-order valence-electron chi connectivity index (χ1n) is 7.06. The monoisotopic (exact) mass is 269 g/mol. The van der Waals surface area contributed by atoms with Gasteiger partial charge in [-0.3, -0.25) is 9.59 Å². The number of rotatable bonds is 4. The topological polar surface area (TPSA) is 93.5 Å². The minimum absolute atomic E-state index is 0.0267. The fraction of sp³-hybridized carbons (Fsp3) is 0.846. The third-order valence-electron chi connectivity index (χ3n) is 3.91. The van der Waals surface area contributed by atoms with Crippen molar-refractivity contribution >= 4 is 11.8 Å². The number of hydrogen-bond donors (Lipinski definition) is 3. The van der Waals surface area contributed by atoms with Gasteiger partial charge in [0.05, 0.1) is 19.1 Å². The predicted octanol–water partition coefficient (Wildman–Crippen LogP) is -0.475. The summed E-state index contributed by atoms with van der Waals surface area (Å²) in [7, 11) is 0. The van der Waals surface area contributed by atoms with Crippen molar-refractivity contribution in [1.82, 2.24) is 10.6 Å². The van der Waals surface area contributed by atoms with Gasteiger partial charge >= 0.3 is 0 Å². The van der Waals surface area contributed by atoms with E-state index in [1.807, 2.05) is 0 Å². The molecule has 1 saturated carbocycles. The molecule has 1 aliphatic carbocycles. The summed E-state index contributed by atoms with van der Waals surface area (Å²) in [6, 6.07) is -0.0207. The Morgan fingerprint density at radius 1 is 1.32 bits per heavy atom. The van der Waals surface area contributed by atoms with E-state index in [0.717, 1.165) is 32.2 Å². The fourth-order valence-electron chi connectivity index (χ4n) is 2.88. The van der Waals surface area contributed by atoms with Crippen molar-refractivity contribution in [2.45, 2.75) is 44.2 Å². The summed E-state index contributed by atoms with van der Waals surface area (Å²) >= 11 is 0. The molecule has 0 radical (unpaired) electrons. The highest BCUT2D eigenvalue weighted by atomic mass is 16.5. The molecule has 4 N–H and O–H groups in total. The summed E-state index contributed by atoms with van der Waals surface area (Å²) in [6.45, 7) is 2.05. The molecule has 2 rings (SSSR count). The number of nitrogens with two attached hydrogens (primary N) is 1. The second-order valence-corrected chi connectivity index (χ2v) is 5.40. The lowest BCUT2D eigenvalue weighted by molar-refractivity contribution is -0.126. The van der Waals surface area contributed by atoms with Crippen LogP contribution < -0.4 is 16.4 Å². The van der Waals surface area contributed by atoms with Gasteiger partial charge in [-0.2, -0.15) is 0 Å². The molecule has 1 heterocycles. The zero-order valence-electron chi connectivity index (χ0n) is 11.2. The number of carbonyl (C=O) groups excluding carboxylic acids is 2. The second kappa shape index (κ2) is 6.86. The molecule has 3 atom stereocenters. The summed E-state index contributed by atoms with van der Waals surface area (Å²) in [4.78, 5) is 23.4. The molecule has 6 nitrogen and oxygen atoms in total. The fourth-order valence-corrected chi connectivity index (χ4v) is 2.88. The van der Waals surface area contributed by atoms with Gasteiger partial charge in [-0.05, 0) is 12.8 Å². The van der Waals surface area contributed by atoms with Crippen LogP contribution in [0.1, 0.15) is 32.1 Å². The lowest BCUT2D eigenvalue weighted by Gasteiger charge is -2.31. The highest BCUT2D eigenvalue weighted by molar-refractivity contribution is 5.80. The van der Waals surface area contributed by atoms with E-state index in [-0.39, 0.29) is 29.8 Å². The molecule has 0 aromatic carbocycles. The van der Waals surface area contributed by atoms with Crippen LogP contribution in [0.2, 0.25) is 0 Å². The molecular weight excluding hydrogens is 246 g/mol. The average Bonchev–Trinajstić information content (AvgIpc) is 2.40. The predicted molar refractivity (Wildman–Crippen MR) is 70.3 cm³/mol. The molecule has 2 aliphatic rings. The standard InChI is InChI=1S/C13H23N3O3/c14-13(18)10-3-1-2-4-11(10)16-12(17)7-9-8-19-6-5-15-9/h9-11,15H,1-8H2,(H2,14,18)(H,16,17). The Morgan fingerprint density at radius 3 is 2.79 bits per heavy atom. The van der Waals surface area contributed by atoms with Crippen molar-refractivity contribution in [3.8, 4) is 0 Å². The van der Waals surface area contributed by atoms with Gasteiger partial charge in [-0.25, -0.2) is 0 Å². The Bertz CT molecular complexity index is 329. The van der Waals surface area contributed by atoms with Gasteiger partial charge in [-0.15, -0.1) is 0 Å². The molecule has 2 amide bonds. The SMILES string of the molecule is NC(=O)C1CCCCC1NC(=O)CC1COCCN1. The molecular formula is C13H23N3O3. The molecule has 3 unspecified atom stereocenters. The minimum Gasteiger partial charge on any atom is -0.378 e. The zero-order chi connectivity index (χ0) is 13.7. The van der Waals surface area contributed by atoms with E-state index in [0.29, 0.717) is 19.6 Å². The van der Waals surface area contributed by atoms with Gasteiger partial charge in [0.2, 0.25) is 11.8 Å². The normalized spacial score (nSPS) is 31.7. The summed E-state index contributed by atoms with van der Waals surface area (Å²) < 4.78 is 5.32. The van der Waals surface area contributed by atoms with Crippen molar-refractivity contribution in [3.63, 3.8) is 0 Å². The van der Waals surface area contributed by atoms with E-state index in [4.69, 9.17) is 10.5 Å². The largest absolute Gasteiger partial charge is 0.378 e. The highest BCUT2D eigenvalue weighted by Crippen LogP contribution is 2.24. The molecule has 0 aromatic heterocycles. The van der Waals surface area contributed by atoms with Crippen molar-refractivity contribution in [2.75, 3.05) is 19.8 Å². The summed E-state index contributed by atoms with van der Waals surface area (Å²) in [5.41, 5.74) is 5.39. The third-order valence-corrected chi connectivity index (χ3v) is 3.91. The van der Waals surface area contributed by atoms with Crippen LogP contribution in [0, 0.1) is 5.92 Å². The van der Waals surface area contributed by atoms with Gasteiger partial charge in [0.15, 0.2) is 0 Å².